The summed E-state index contributed by atoms with van der Waals surface area (Å²) in [6, 6.07) is 24.9. The summed E-state index contributed by atoms with van der Waals surface area (Å²) in [7, 11) is 1.58. The number of fused-ring (bicyclic) bond motifs is 1. The summed E-state index contributed by atoms with van der Waals surface area (Å²) in [5.74, 6) is 2.01. The molecule has 4 aromatic rings. The lowest BCUT2D eigenvalue weighted by Crippen LogP contribution is -2.01. The monoisotopic (exact) mass is 413 g/mol. The zero-order chi connectivity index (χ0) is 21.6. The van der Waals surface area contributed by atoms with E-state index >= 15 is 0 Å². The zero-order valence-electron chi connectivity index (χ0n) is 17.2. The fraction of sp³-hybridized carbons (Fsp3) is 0.115. The molecule has 1 N–H and O–H groups in total. The number of aliphatic hydroxyl groups excluding tert-OH is 1. The van der Waals surface area contributed by atoms with Gasteiger partial charge in [-0.1, -0.05) is 49.0 Å². The standard InChI is InChI=1S/C26H23NO4/c1-18(28)20-10-11-21(26(14-20)29-2)16-30-23-7-5-8-24(15-23)31-17-22-13-12-19-6-3-4-9-25(19)27-22/h3-15,28H,1,16-17H2,2H3. The van der Waals surface area contributed by atoms with E-state index in [0.717, 1.165) is 22.2 Å². The van der Waals surface area contributed by atoms with Gasteiger partial charge in [0.05, 0.1) is 18.3 Å². The molecular formula is C26H23NO4. The van der Waals surface area contributed by atoms with Gasteiger partial charge in [0, 0.05) is 22.6 Å². The minimum Gasteiger partial charge on any atom is -0.508 e. The molecule has 5 heteroatoms. The van der Waals surface area contributed by atoms with Crippen molar-refractivity contribution >= 4 is 16.7 Å². The summed E-state index contributed by atoms with van der Waals surface area (Å²) in [6.07, 6.45) is 0. The van der Waals surface area contributed by atoms with E-state index < -0.39 is 0 Å². The Balaban J connectivity index is 1.40. The van der Waals surface area contributed by atoms with E-state index in [0.29, 0.717) is 36.0 Å². The van der Waals surface area contributed by atoms with Crippen molar-refractivity contribution in [2.24, 2.45) is 0 Å². The lowest BCUT2D eigenvalue weighted by atomic mass is 10.1. The molecule has 0 atom stereocenters. The highest BCUT2D eigenvalue weighted by molar-refractivity contribution is 5.78. The third kappa shape index (κ3) is 4.95. The Morgan fingerprint density at radius 1 is 0.871 bits per heavy atom. The van der Waals surface area contributed by atoms with Crippen LogP contribution >= 0.6 is 0 Å². The van der Waals surface area contributed by atoms with Crippen LogP contribution in [0.2, 0.25) is 0 Å². The molecule has 0 saturated heterocycles. The number of nitrogens with zero attached hydrogens (tertiary/aromatic N) is 1. The molecule has 1 heterocycles. The van der Waals surface area contributed by atoms with Gasteiger partial charge in [-0.3, -0.25) is 0 Å². The molecule has 3 aromatic carbocycles. The molecule has 0 unspecified atom stereocenters. The van der Waals surface area contributed by atoms with Crippen molar-refractivity contribution in [2.75, 3.05) is 7.11 Å². The molecule has 31 heavy (non-hydrogen) atoms. The van der Waals surface area contributed by atoms with Gasteiger partial charge < -0.3 is 19.3 Å². The zero-order valence-corrected chi connectivity index (χ0v) is 17.2. The largest absolute Gasteiger partial charge is 0.508 e. The maximum Gasteiger partial charge on any atom is 0.130 e. The first kappa shape index (κ1) is 20.3. The van der Waals surface area contributed by atoms with Crippen LogP contribution in [0.25, 0.3) is 16.7 Å². The van der Waals surface area contributed by atoms with Crippen LogP contribution in [0.1, 0.15) is 16.8 Å². The molecule has 0 fully saturated rings. The van der Waals surface area contributed by atoms with Crippen LogP contribution in [0.3, 0.4) is 0 Å². The number of hydrogen-bond acceptors (Lipinski definition) is 5. The van der Waals surface area contributed by atoms with Gasteiger partial charge in [0.1, 0.15) is 36.2 Å². The van der Waals surface area contributed by atoms with E-state index in [4.69, 9.17) is 14.2 Å². The molecule has 0 bridgehead atoms. The Kier molecular flexibility index (Phi) is 6.03. The summed E-state index contributed by atoms with van der Waals surface area (Å²) < 4.78 is 17.2. The highest BCUT2D eigenvalue weighted by Gasteiger charge is 2.08. The van der Waals surface area contributed by atoms with E-state index in [1.807, 2.05) is 66.7 Å². The van der Waals surface area contributed by atoms with Gasteiger partial charge >= 0.3 is 0 Å². The average Bonchev–Trinajstić information content (AvgIpc) is 2.81. The van der Waals surface area contributed by atoms with Crippen molar-refractivity contribution in [3.05, 3.63) is 102 Å². The van der Waals surface area contributed by atoms with Crippen LogP contribution in [-0.4, -0.2) is 17.2 Å². The van der Waals surface area contributed by atoms with Crippen LogP contribution in [-0.2, 0) is 13.2 Å². The minimum atomic E-state index is -0.00322. The molecule has 0 spiro atoms. The first-order valence-electron chi connectivity index (χ1n) is 9.88. The molecule has 0 aliphatic heterocycles. The molecule has 0 amide bonds. The van der Waals surface area contributed by atoms with Crippen LogP contribution < -0.4 is 14.2 Å². The van der Waals surface area contributed by atoms with E-state index in [-0.39, 0.29) is 5.76 Å². The second-order valence-corrected chi connectivity index (χ2v) is 7.02. The van der Waals surface area contributed by atoms with Crippen LogP contribution in [0.4, 0.5) is 0 Å². The maximum atomic E-state index is 9.56. The van der Waals surface area contributed by atoms with E-state index in [2.05, 4.69) is 11.6 Å². The molecule has 0 saturated carbocycles. The molecule has 1 aromatic heterocycles. The Morgan fingerprint density at radius 2 is 1.65 bits per heavy atom. The van der Waals surface area contributed by atoms with Gasteiger partial charge in [0.2, 0.25) is 0 Å². The molecule has 5 nitrogen and oxygen atoms in total. The number of para-hydroxylation sites is 1. The van der Waals surface area contributed by atoms with E-state index in [9.17, 15) is 5.11 Å². The van der Waals surface area contributed by atoms with Gasteiger partial charge in [-0.2, -0.15) is 0 Å². The van der Waals surface area contributed by atoms with Crippen LogP contribution in [0.5, 0.6) is 17.2 Å². The number of pyridine rings is 1. The predicted molar refractivity (Wildman–Crippen MR) is 122 cm³/mol. The van der Waals surface area contributed by atoms with Crippen LogP contribution in [0.15, 0.2) is 85.4 Å². The Bertz CT molecular complexity index is 1220. The topological polar surface area (TPSA) is 60.8 Å². The van der Waals surface area contributed by atoms with E-state index in [1.165, 1.54) is 0 Å². The number of rotatable bonds is 8. The number of aliphatic hydroxyl groups is 1. The van der Waals surface area contributed by atoms with Crippen molar-refractivity contribution in [3.8, 4) is 17.2 Å². The second-order valence-electron chi connectivity index (χ2n) is 7.02. The third-order valence-electron chi connectivity index (χ3n) is 4.86. The molecular weight excluding hydrogens is 390 g/mol. The third-order valence-corrected chi connectivity index (χ3v) is 4.86. The van der Waals surface area contributed by atoms with Crippen molar-refractivity contribution in [3.63, 3.8) is 0 Å². The van der Waals surface area contributed by atoms with Crippen LogP contribution in [0, 0.1) is 0 Å². The normalized spacial score (nSPS) is 10.6. The molecule has 156 valence electrons. The van der Waals surface area contributed by atoms with Crippen molar-refractivity contribution in [1.82, 2.24) is 4.98 Å². The summed E-state index contributed by atoms with van der Waals surface area (Å²) in [5.41, 5.74) is 3.28. The summed E-state index contributed by atoms with van der Waals surface area (Å²) in [5, 5.41) is 10.7. The predicted octanol–water partition coefficient (Wildman–Crippen LogP) is 5.93. The van der Waals surface area contributed by atoms with Gasteiger partial charge in [0.15, 0.2) is 0 Å². The summed E-state index contributed by atoms with van der Waals surface area (Å²) >= 11 is 0. The minimum absolute atomic E-state index is 0.00322. The first-order chi connectivity index (χ1) is 15.1. The molecule has 0 radical (unpaired) electrons. The number of hydrogen-bond donors (Lipinski definition) is 1. The quantitative estimate of drug-likeness (QED) is 0.363. The smallest absolute Gasteiger partial charge is 0.130 e. The van der Waals surface area contributed by atoms with Gasteiger partial charge in [-0.15, -0.1) is 0 Å². The van der Waals surface area contributed by atoms with Gasteiger partial charge in [-0.25, -0.2) is 4.98 Å². The Labute approximate surface area is 181 Å². The number of ether oxygens (including phenoxy) is 3. The second kappa shape index (κ2) is 9.22. The Morgan fingerprint density at radius 3 is 2.42 bits per heavy atom. The lowest BCUT2D eigenvalue weighted by molar-refractivity contribution is 0.283. The highest BCUT2D eigenvalue weighted by atomic mass is 16.5. The summed E-state index contributed by atoms with van der Waals surface area (Å²) in [6.45, 7) is 4.22. The number of benzene rings is 3. The molecule has 4 rings (SSSR count). The highest BCUT2D eigenvalue weighted by Crippen LogP contribution is 2.26. The first-order valence-corrected chi connectivity index (χ1v) is 9.88. The van der Waals surface area contributed by atoms with Crippen molar-refractivity contribution in [2.45, 2.75) is 13.2 Å². The van der Waals surface area contributed by atoms with Crippen molar-refractivity contribution in [1.29, 1.82) is 0 Å². The summed E-state index contributed by atoms with van der Waals surface area (Å²) in [4.78, 5) is 4.63. The lowest BCUT2D eigenvalue weighted by Gasteiger charge is -2.13. The molecule has 0 aliphatic carbocycles. The van der Waals surface area contributed by atoms with Crippen molar-refractivity contribution < 1.29 is 19.3 Å². The van der Waals surface area contributed by atoms with E-state index in [1.54, 1.807) is 19.2 Å². The van der Waals surface area contributed by atoms with Gasteiger partial charge in [-0.05, 0) is 30.3 Å². The van der Waals surface area contributed by atoms with Gasteiger partial charge in [0.25, 0.3) is 0 Å². The Hall–Kier alpha value is -3.99. The maximum absolute atomic E-state index is 9.56. The molecule has 0 aliphatic rings. The SMILES string of the molecule is C=C(O)c1ccc(COc2cccc(OCc3ccc4ccccc4n3)c2)c(OC)c1. The number of methoxy groups -OCH3 is 1. The fourth-order valence-electron chi connectivity index (χ4n) is 3.20. The average molecular weight is 413 g/mol. The number of aromatic nitrogens is 1. The fourth-order valence-corrected chi connectivity index (χ4v) is 3.20.